The summed E-state index contributed by atoms with van der Waals surface area (Å²) >= 11 is 6.04. The van der Waals surface area contributed by atoms with Gasteiger partial charge in [0.25, 0.3) is 0 Å². The van der Waals surface area contributed by atoms with Crippen molar-refractivity contribution in [3.8, 4) is 6.07 Å². The summed E-state index contributed by atoms with van der Waals surface area (Å²) in [5.74, 6) is -0.0996. The number of halogens is 2. The van der Waals surface area contributed by atoms with Gasteiger partial charge in [-0.2, -0.15) is 20.0 Å². The third kappa shape index (κ3) is 1.70. The van der Waals surface area contributed by atoms with Crippen molar-refractivity contribution >= 4 is 23.4 Å². The van der Waals surface area contributed by atoms with E-state index in [1.165, 1.54) is 23.1 Å². The predicted molar refractivity (Wildman–Crippen MR) is 70.8 cm³/mol. The van der Waals surface area contributed by atoms with E-state index in [-0.39, 0.29) is 22.0 Å². The van der Waals surface area contributed by atoms with Crippen molar-refractivity contribution in [2.75, 3.05) is 5.32 Å². The molecule has 6 nitrogen and oxygen atoms in total. The van der Waals surface area contributed by atoms with Crippen molar-refractivity contribution in [1.29, 1.82) is 5.26 Å². The van der Waals surface area contributed by atoms with Gasteiger partial charge in [0.05, 0.1) is 11.6 Å². The lowest BCUT2D eigenvalue weighted by atomic mass is 9.97. The number of benzene rings is 1. The number of nitrogens with one attached hydrogen (secondary N) is 1. The third-order valence-corrected chi connectivity index (χ3v) is 3.35. The van der Waals surface area contributed by atoms with Crippen LogP contribution in [0.5, 0.6) is 0 Å². The van der Waals surface area contributed by atoms with Crippen molar-refractivity contribution < 1.29 is 4.39 Å². The monoisotopic (exact) mass is 290 g/mol. The molecule has 1 aliphatic rings. The van der Waals surface area contributed by atoms with Gasteiger partial charge in [0.15, 0.2) is 0 Å². The molecule has 8 heteroatoms. The Morgan fingerprint density at radius 2 is 2.30 bits per heavy atom. The third-order valence-electron chi connectivity index (χ3n) is 3.02. The second-order valence-corrected chi connectivity index (χ2v) is 4.53. The molecule has 0 saturated carbocycles. The maximum absolute atomic E-state index is 14.0. The lowest BCUT2D eigenvalue weighted by Gasteiger charge is -2.26. The summed E-state index contributed by atoms with van der Waals surface area (Å²) in [5, 5.41) is 16.3. The topological polar surface area (TPSA) is 92.5 Å². The van der Waals surface area contributed by atoms with Crippen LogP contribution in [0.2, 0.25) is 5.02 Å². The fourth-order valence-corrected chi connectivity index (χ4v) is 2.38. The molecule has 1 atom stereocenters. The molecule has 0 aliphatic carbocycles. The molecule has 0 spiro atoms. The Morgan fingerprint density at radius 1 is 1.50 bits per heavy atom. The number of nitrogens with two attached hydrogens (primary N) is 1. The van der Waals surface area contributed by atoms with Gasteiger partial charge in [-0.15, -0.1) is 0 Å². The van der Waals surface area contributed by atoms with Gasteiger partial charge >= 0.3 is 0 Å². The van der Waals surface area contributed by atoms with Crippen LogP contribution < -0.4 is 11.1 Å². The van der Waals surface area contributed by atoms with E-state index in [1.54, 1.807) is 6.07 Å². The highest BCUT2D eigenvalue weighted by molar-refractivity contribution is 6.31. The quantitative estimate of drug-likeness (QED) is 0.836. The van der Waals surface area contributed by atoms with Gasteiger partial charge < -0.3 is 11.1 Å². The van der Waals surface area contributed by atoms with Gasteiger partial charge in [0.1, 0.15) is 24.0 Å². The smallest absolute Gasteiger partial charge is 0.228 e. The molecule has 0 radical (unpaired) electrons. The summed E-state index contributed by atoms with van der Waals surface area (Å²) < 4.78 is 15.3. The highest BCUT2D eigenvalue weighted by Crippen LogP contribution is 2.36. The SMILES string of the molecule is N#CC1=C(N)n2ncnc2NC1c1c(F)cccc1Cl. The molecule has 3 N–H and O–H groups in total. The second kappa shape index (κ2) is 4.51. The van der Waals surface area contributed by atoms with Crippen molar-refractivity contribution in [3.05, 3.63) is 46.5 Å². The minimum atomic E-state index is -0.801. The first-order valence-electron chi connectivity index (χ1n) is 5.64. The molecule has 1 aliphatic heterocycles. The van der Waals surface area contributed by atoms with E-state index in [2.05, 4.69) is 15.4 Å². The first-order chi connectivity index (χ1) is 9.63. The zero-order valence-electron chi connectivity index (χ0n) is 10.0. The van der Waals surface area contributed by atoms with Gasteiger partial charge in [-0.05, 0) is 12.1 Å². The minimum absolute atomic E-state index is 0.100. The molecule has 3 rings (SSSR count). The zero-order valence-corrected chi connectivity index (χ0v) is 10.8. The molecule has 2 aromatic rings. The molecule has 1 unspecified atom stereocenters. The molecular formula is C12H8ClFN6. The molecule has 1 aromatic heterocycles. The van der Waals surface area contributed by atoms with Crippen LogP contribution in [0.15, 0.2) is 30.1 Å². The van der Waals surface area contributed by atoms with E-state index in [0.29, 0.717) is 5.95 Å². The van der Waals surface area contributed by atoms with E-state index in [1.807, 2.05) is 6.07 Å². The lowest BCUT2D eigenvalue weighted by Crippen LogP contribution is -2.27. The van der Waals surface area contributed by atoms with E-state index in [4.69, 9.17) is 17.3 Å². The van der Waals surface area contributed by atoms with Crippen molar-refractivity contribution in [1.82, 2.24) is 14.8 Å². The Balaban J connectivity index is 2.21. The first kappa shape index (κ1) is 12.4. The Morgan fingerprint density at radius 3 is 3.00 bits per heavy atom. The molecule has 20 heavy (non-hydrogen) atoms. The van der Waals surface area contributed by atoms with E-state index in [0.717, 1.165) is 0 Å². The van der Waals surface area contributed by atoms with Gasteiger partial charge in [-0.3, -0.25) is 0 Å². The average Bonchev–Trinajstić information content (AvgIpc) is 2.87. The highest BCUT2D eigenvalue weighted by atomic mass is 35.5. The minimum Gasteiger partial charge on any atom is -0.383 e. The predicted octanol–water partition coefficient (Wildman–Crippen LogP) is 1.89. The largest absolute Gasteiger partial charge is 0.383 e. The van der Waals surface area contributed by atoms with Crippen LogP contribution in [0.1, 0.15) is 11.6 Å². The number of anilines is 1. The van der Waals surface area contributed by atoms with Gasteiger partial charge in [0, 0.05) is 10.6 Å². The first-order valence-corrected chi connectivity index (χ1v) is 6.02. The number of nitrogens with zero attached hydrogens (tertiary/aromatic N) is 4. The molecule has 0 amide bonds. The van der Waals surface area contributed by atoms with Gasteiger partial charge in [-0.1, -0.05) is 17.7 Å². The van der Waals surface area contributed by atoms with Gasteiger partial charge in [-0.25, -0.2) is 4.39 Å². The zero-order chi connectivity index (χ0) is 14.3. The second-order valence-electron chi connectivity index (χ2n) is 4.12. The average molecular weight is 291 g/mol. The standard InChI is InChI=1S/C12H8ClFN6/c13-7-2-1-3-8(14)9(7)10-6(4-15)11(16)20-12(19-10)17-5-18-20/h1-3,5,10H,16H2,(H,17,18,19). The Hall–Kier alpha value is -2.59. The molecule has 1 aromatic carbocycles. The molecular weight excluding hydrogens is 283 g/mol. The fraction of sp³-hybridized carbons (Fsp3) is 0.0833. The van der Waals surface area contributed by atoms with E-state index in [9.17, 15) is 9.65 Å². The molecule has 0 fully saturated rings. The number of hydrogen-bond acceptors (Lipinski definition) is 5. The highest BCUT2D eigenvalue weighted by Gasteiger charge is 2.31. The van der Waals surface area contributed by atoms with E-state index < -0.39 is 11.9 Å². The van der Waals surface area contributed by atoms with Gasteiger partial charge in [0.2, 0.25) is 5.95 Å². The summed E-state index contributed by atoms with van der Waals surface area (Å²) in [6, 6.07) is 5.48. The number of rotatable bonds is 1. The van der Waals surface area contributed by atoms with Crippen molar-refractivity contribution in [2.45, 2.75) is 6.04 Å². The molecule has 100 valence electrons. The van der Waals surface area contributed by atoms with Crippen LogP contribution in [0, 0.1) is 17.1 Å². The van der Waals surface area contributed by atoms with Crippen molar-refractivity contribution in [2.24, 2.45) is 5.73 Å². The summed E-state index contributed by atoms with van der Waals surface area (Å²) in [7, 11) is 0. The summed E-state index contributed by atoms with van der Waals surface area (Å²) in [4.78, 5) is 3.96. The van der Waals surface area contributed by atoms with Crippen LogP contribution in [-0.2, 0) is 0 Å². The number of hydrogen-bond donors (Lipinski definition) is 2. The van der Waals surface area contributed by atoms with Crippen LogP contribution in [0.3, 0.4) is 0 Å². The normalized spacial score (nSPS) is 17.4. The van der Waals surface area contributed by atoms with Crippen molar-refractivity contribution in [3.63, 3.8) is 0 Å². The summed E-state index contributed by atoms with van der Waals surface area (Å²) in [6.45, 7) is 0. The molecule has 0 bridgehead atoms. The molecule has 0 saturated heterocycles. The van der Waals surface area contributed by atoms with Crippen LogP contribution in [-0.4, -0.2) is 14.8 Å². The summed E-state index contributed by atoms with van der Waals surface area (Å²) in [5.41, 5.74) is 6.18. The Kier molecular flexibility index (Phi) is 2.80. The van der Waals surface area contributed by atoms with Crippen LogP contribution in [0.4, 0.5) is 10.3 Å². The van der Waals surface area contributed by atoms with Crippen LogP contribution >= 0.6 is 11.6 Å². The Bertz CT molecular complexity index is 739. The molecule has 2 heterocycles. The number of aromatic nitrogens is 3. The maximum atomic E-state index is 14.0. The van der Waals surface area contributed by atoms with Crippen LogP contribution in [0.25, 0.3) is 5.82 Å². The maximum Gasteiger partial charge on any atom is 0.228 e. The lowest BCUT2D eigenvalue weighted by molar-refractivity contribution is 0.602. The Labute approximate surface area is 118 Å². The summed E-state index contributed by atoms with van der Waals surface area (Å²) in [6.07, 6.45) is 1.29. The fourth-order valence-electron chi connectivity index (χ4n) is 2.10. The van der Waals surface area contributed by atoms with E-state index >= 15 is 0 Å². The number of fused-ring (bicyclic) bond motifs is 1. The number of nitriles is 1.